The second-order valence-corrected chi connectivity index (χ2v) is 8.37. The third kappa shape index (κ3) is 4.48. The Kier molecular flexibility index (Phi) is 5.54. The Labute approximate surface area is 169 Å². The Balaban J connectivity index is 1.32. The van der Waals surface area contributed by atoms with E-state index in [2.05, 4.69) is 44.6 Å². The van der Waals surface area contributed by atoms with Crippen LogP contribution in [-0.2, 0) is 30.8 Å². The van der Waals surface area contributed by atoms with Gasteiger partial charge in [-0.1, -0.05) is 30.3 Å². The van der Waals surface area contributed by atoms with Crippen LogP contribution in [-0.4, -0.2) is 32.1 Å². The van der Waals surface area contributed by atoms with Gasteiger partial charge in [0.2, 0.25) is 5.91 Å². The number of nitrogens with zero attached hydrogens (tertiary/aromatic N) is 4. The van der Waals surface area contributed by atoms with E-state index in [4.69, 9.17) is 0 Å². The van der Waals surface area contributed by atoms with Crippen LogP contribution in [0.1, 0.15) is 33.9 Å². The molecule has 0 radical (unpaired) electrons. The van der Waals surface area contributed by atoms with E-state index >= 15 is 0 Å². The molecular formula is C21H25N5OS. The van der Waals surface area contributed by atoms with Gasteiger partial charge in [0.1, 0.15) is 0 Å². The van der Waals surface area contributed by atoms with Gasteiger partial charge in [-0.15, -0.1) is 11.3 Å². The van der Waals surface area contributed by atoms with Gasteiger partial charge in [-0.25, -0.2) is 4.98 Å². The van der Waals surface area contributed by atoms with Crippen LogP contribution in [0.25, 0.3) is 0 Å². The van der Waals surface area contributed by atoms with Crippen molar-refractivity contribution in [3.05, 3.63) is 63.9 Å². The lowest BCUT2D eigenvalue weighted by molar-refractivity contribution is -0.116. The summed E-state index contributed by atoms with van der Waals surface area (Å²) < 4.78 is 1.88. The summed E-state index contributed by atoms with van der Waals surface area (Å²) in [5, 5.41) is 8.08. The summed E-state index contributed by atoms with van der Waals surface area (Å²) in [4.78, 5) is 20.7. The molecule has 2 aromatic heterocycles. The van der Waals surface area contributed by atoms with Crippen LogP contribution in [0.4, 0.5) is 5.13 Å². The monoisotopic (exact) mass is 395 g/mol. The van der Waals surface area contributed by atoms with E-state index in [0.717, 1.165) is 43.1 Å². The number of anilines is 1. The van der Waals surface area contributed by atoms with Gasteiger partial charge < -0.3 is 5.32 Å². The van der Waals surface area contributed by atoms with Gasteiger partial charge in [0, 0.05) is 49.6 Å². The smallest absolute Gasteiger partial charge is 0.228 e. The minimum absolute atomic E-state index is 0.0141. The fourth-order valence-corrected chi connectivity index (χ4v) is 4.64. The molecule has 0 unspecified atom stereocenters. The van der Waals surface area contributed by atoms with Crippen molar-refractivity contribution in [1.29, 1.82) is 0 Å². The molecule has 7 heteroatoms. The number of nitrogens with one attached hydrogen (secondary N) is 1. The van der Waals surface area contributed by atoms with E-state index < -0.39 is 0 Å². The van der Waals surface area contributed by atoms with Crippen molar-refractivity contribution in [3.63, 3.8) is 0 Å². The quantitative estimate of drug-likeness (QED) is 0.693. The number of thiazole rings is 1. The van der Waals surface area contributed by atoms with Gasteiger partial charge in [0.15, 0.2) is 5.13 Å². The van der Waals surface area contributed by atoms with Crippen molar-refractivity contribution < 1.29 is 4.79 Å². The number of hydrogen-bond acceptors (Lipinski definition) is 5. The average molecular weight is 396 g/mol. The molecule has 0 spiro atoms. The molecule has 0 fully saturated rings. The standard InChI is InChI=1S/C21H25N5OS/c1-15-12-16(2)26(24-15)11-9-20(27)23-21-22-18-8-10-25(14-19(18)28-21)13-17-6-4-3-5-7-17/h3-7,12H,8-11,13-14H2,1-2H3,(H,22,23,27). The molecule has 1 amide bonds. The molecule has 6 nitrogen and oxygen atoms in total. The first kappa shape index (κ1) is 18.8. The van der Waals surface area contributed by atoms with Crippen molar-refractivity contribution in [1.82, 2.24) is 19.7 Å². The predicted octanol–water partition coefficient (Wildman–Crippen LogP) is 3.54. The highest BCUT2D eigenvalue weighted by Crippen LogP contribution is 2.29. The number of aryl methyl sites for hydroxylation is 3. The number of benzene rings is 1. The topological polar surface area (TPSA) is 63.1 Å². The number of rotatable bonds is 6. The highest BCUT2D eigenvalue weighted by atomic mass is 32.1. The molecule has 3 heterocycles. The minimum Gasteiger partial charge on any atom is -0.302 e. The zero-order chi connectivity index (χ0) is 19.5. The SMILES string of the molecule is Cc1cc(C)n(CCC(=O)Nc2nc3c(s2)CN(Cc2ccccc2)CC3)n1. The Morgan fingerprint density at radius 3 is 2.82 bits per heavy atom. The molecule has 1 N–H and O–H groups in total. The highest BCUT2D eigenvalue weighted by molar-refractivity contribution is 7.15. The van der Waals surface area contributed by atoms with Gasteiger partial charge in [-0.3, -0.25) is 14.4 Å². The Morgan fingerprint density at radius 1 is 1.25 bits per heavy atom. The maximum Gasteiger partial charge on any atom is 0.228 e. The van der Waals surface area contributed by atoms with E-state index in [-0.39, 0.29) is 5.91 Å². The van der Waals surface area contributed by atoms with Crippen LogP contribution >= 0.6 is 11.3 Å². The molecule has 4 rings (SSSR count). The maximum atomic E-state index is 12.3. The van der Waals surface area contributed by atoms with Crippen molar-refractivity contribution in [3.8, 4) is 0 Å². The summed E-state index contributed by atoms with van der Waals surface area (Å²) >= 11 is 1.60. The highest BCUT2D eigenvalue weighted by Gasteiger charge is 2.21. The molecule has 0 atom stereocenters. The molecular weight excluding hydrogens is 370 g/mol. The van der Waals surface area contributed by atoms with Crippen LogP contribution in [0.15, 0.2) is 36.4 Å². The number of carbonyl (C=O) groups excluding carboxylic acids is 1. The third-order valence-electron chi connectivity index (χ3n) is 4.96. The number of carbonyl (C=O) groups is 1. The molecule has 0 saturated carbocycles. The lowest BCUT2D eigenvalue weighted by atomic mass is 10.1. The Morgan fingerprint density at radius 2 is 2.07 bits per heavy atom. The molecule has 28 heavy (non-hydrogen) atoms. The van der Waals surface area contributed by atoms with E-state index in [1.807, 2.05) is 30.7 Å². The van der Waals surface area contributed by atoms with Gasteiger partial charge in [0.25, 0.3) is 0 Å². The average Bonchev–Trinajstić information content (AvgIpc) is 3.21. The van der Waals surface area contributed by atoms with E-state index in [1.54, 1.807) is 11.3 Å². The summed E-state index contributed by atoms with van der Waals surface area (Å²) in [6.45, 7) is 7.39. The molecule has 0 saturated heterocycles. The number of fused-ring (bicyclic) bond motifs is 1. The van der Waals surface area contributed by atoms with Gasteiger partial charge in [0.05, 0.1) is 11.4 Å². The van der Waals surface area contributed by atoms with Crippen LogP contribution in [0, 0.1) is 13.8 Å². The first-order valence-corrected chi connectivity index (χ1v) is 10.4. The van der Waals surface area contributed by atoms with E-state index in [0.29, 0.717) is 18.1 Å². The second kappa shape index (κ2) is 8.24. The van der Waals surface area contributed by atoms with E-state index in [1.165, 1.54) is 10.4 Å². The Bertz CT molecular complexity index is 963. The molecule has 146 valence electrons. The normalized spacial score (nSPS) is 14.1. The zero-order valence-electron chi connectivity index (χ0n) is 16.3. The number of aromatic nitrogens is 3. The van der Waals surface area contributed by atoms with E-state index in [9.17, 15) is 4.79 Å². The summed E-state index contributed by atoms with van der Waals surface area (Å²) in [7, 11) is 0. The summed E-state index contributed by atoms with van der Waals surface area (Å²) in [6, 6.07) is 12.6. The van der Waals surface area contributed by atoms with Crippen molar-refractivity contribution in [2.45, 2.75) is 46.3 Å². The van der Waals surface area contributed by atoms with Gasteiger partial charge in [-0.2, -0.15) is 5.10 Å². The van der Waals surface area contributed by atoms with Gasteiger partial charge in [-0.05, 0) is 25.5 Å². The fourth-order valence-electron chi connectivity index (χ4n) is 3.57. The number of hydrogen-bond donors (Lipinski definition) is 1. The first-order valence-electron chi connectivity index (χ1n) is 9.62. The number of amides is 1. The molecule has 3 aromatic rings. The van der Waals surface area contributed by atoms with Crippen molar-refractivity contribution in [2.75, 3.05) is 11.9 Å². The molecule has 0 bridgehead atoms. The lowest BCUT2D eigenvalue weighted by Crippen LogP contribution is -2.29. The van der Waals surface area contributed by atoms with Gasteiger partial charge >= 0.3 is 0 Å². The van der Waals surface area contributed by atoms with Crippen LogP contribution in [0.3, 0.4) is 0 Å². The zero-order valence-corrected chi connectivity index (χ0v) is 17.1. The Hall–Kier alpha value is -2.51. The lowest BCUT2D eigenvalue weighted by Gasteiger charge is -2.25. The summed E-state index contributed by atoms with van der Waals surface area (Å²) in [6.07, 6.45) is 1.33. The summed E-state index contributed by atoms with van der Waals surface area (Å²) in [5.74, 6) is -0.0141. The van der Waals surface area contributed by atoms with Crippen LogP contribution in [0.5, 0.6) is 0 Å². The minimum atomic E-state index is -0.0141. The van der Waals surface area contributed by atoms with Crippen LogP contribution in [0.2, 0.25) is 0 Å². The fraction of sp³-hybridized carbons (Fsp3) is 0.381. The molecule has 0 aliphatic carbocycles. The maximum absolute atomic E-state index is 12.3. The molecule has 1 aliphatic rings. The van der Waals surface area contributed by atoms with Crippen LogP contribution < -0.4 is 5.32 Å². The second-order valence-electron chi connectivity index (χ2n) is 7.28. The summed E-state index contributed by atoms with van der Waals surface area (Å²) in [5.41, 5.74) is 4.51. The predicted molar refractivity (Wildman–Crippen MR) is 111 cm³/mol. The van der Waals surface area contributed by atoms with Crippen molar-refractivity contribution in [2.24, 2.45) is 0 Å². The largest absolute Gasteiger partial charge is 0.302 e. The van der Waals surface area contributed by atoms with Crippen molar-refractivity contribution >= 4 is 22.4 Å². The molecule has 1 aromatic carbocycles. The third-order valence-corrected chi connectivity index (χ3v) is 5.96. The molecule has 1 aliphatic heterocycles. The first-order chi connectivity index (χ1) is 13.6.